The summed E-state index contributed by atoms with van der Waals surface area (Å²) in [4.78, 5) is 0. The van der Waals surface area contributed by atoms with Gasteiger partial charge in [-0.2, -0.15) is 0 Å². The zero-order valence-corrected chi connectivity index (χ0v) is 8.43. The molecule has 13 heavy (non-hydrogen) atoms. The van der Waals surface area contributed by atoms with Crippen LogP contribution in [0.3, 0.4) is 0 Å². The minimum absolute atomic E-state index is 0.628. The summed E-state index contributed by atoms with van der Waals surface area (Å²) in [6, 6.07) is 0.746. The summed E-state index contributed by atoms with van der Waals surface area (Å²) in [5, 5.41) is 3.51. The van der Waals surface area contributed by atoms with Crippen molar-refractivity contribution in [2.24, 2.45) is 5.73 Å². The first-order chi connectivity index (χ1) is 6.43. The molecule has 0 heterocycles. The van der Waals surface area contributed by atoms with Gasteiger partial charge in [-0.1, -0.05) is 19.3 Å². The molecule has 1 aliphatic rings. The highest BCUT2D eigenvalue weighted by Gasteiger charge is 2.11. The molecule has 0 aliphatic heterocycles. The summed E-state index contributed by atoms with van der Waals surface area (Å²) in [6.45, 7) is 3.09. The van der Waals surface area contributed by atoms with Crippen molar-refractivity contribution in [1.29, 1.82) is 0 Å². The molecule has 0 amide bonds. The molecular weight excluding hydrogens is 164 g/mol. The van der Waals surface area contributed by atoms with Gasteiger partial charge in [0.2, 0.25) is 0 Å². The Bertz CT molecular complexity index is 113. The second kappa shape index (κ2) is 7.30. The van der Waals surface area contributed by atoms with Gasteiger partial charge in [0.05, 0.1) is 13.2 Å². The summed E-state index contributed by atoms with van der Waals surface area (Å²) >= 11 is 0. The van der Waals surface area contributed by atoms with Gasteiger partial charge in [-0.3, -0.25) is 0 Å². The van der Waals surface area contributed by atoms with E-state index in [-0.39, 0.29) is 0 Å². The van der Waals surface area contributed by atoms with Crippen molar-refractivity contribution in [1.82, 2.24) is 5.32 Å². The molecule has 0 atom stereocenters. The first-order valence-corrected chi connectivity index (χ1v) is 5.44. The lowest BCUT2D eigenvalue weighted by Crippen LogP contribution is -2.33. The zero-order valence-electron chi connectivity index (χ0n) is 8.43. The van der Waals surface area contributed by atoms with Gasteiger partial charge in [0.1, 0.15) is 0 Å². The Kier molecular flexibility index (Phi) is 6.15. The van der Waals surface area contributed by atoms with E-state index in [1.807, 2.05) is 0 Å². The van der Waals surface area contributed by atoms with Gasteiger partial charge in [0, 0.05) is 19.1 Å². The lowest BCUT2D eigenvalue weighted by molar-refractivity contribution is 0.139. The van der Waals surface area contributed by atoms with Crippen LogP contribution >= 0.6 is 0 Å². The molecule has 0 spiro atoms. The van der Waals surface area contributed by atoms with Crippen LogP contribution in [0.2, 0.25) is 0 Å². The second-order valence-corrected chi connectivity index (χ2v) is 3.69. The van der Waals surface area contributed by atoms with E-state index >= 15 is 0 Å². The minimum atomic E-state index is 0.628. The van der Waals surface area contributed by atoms with E-state index in [0.29, 0.717) is 13.2 Å². The fourth-order valence-electron chi connectivity index (χ4n) is 1.83. The average Bonchev–Trinajstić information content (AvgIpc) is 2.19. The molecule has 0 aromatic rings. The predicted octanol–water partition coefficient (Wildman–Crippen LogP) is 0.884. The Morgan fingerprint density at radius 1 is 1.15 bits per heavy atom. The van der Waals surface area contributed by atoms with Crippen LogP contribution in [-0.2, 0) is 4.74 Å². The topological polar surface area (TPSA) is 47.3 Å². The van der Waals surface area contributed by atoms with Crippen LogP contribution in [0.4, 0.5) is 0 Å². The molecule has 1 fully saturated rings. The zero-order chi connectivity index (χ0) is 9.36. The highest BCUT2D eigenvalue weighted by atomic mass is 16.5. The van der Waals surface area contributed by atoms with Crippen molar-refractivity contribution in [3.05, 3.63) is 0 Å². The van der Waals surface area contributed by atoms with E-state index in [1.165, 1.54) is 32.1 Å². The molecular formula is C10H22N2O. The van der Waals surface area contributed by atoms with Crippen LogP contribution in [0.25, 0.3) is 0 Å². The number of rotatable bonds is 6. The summed E-state index contributed by atoms with van der Waals surface area (Å²) in [7, 11) is 0. The predicted molar refractivity (Wildman–Crippen MR) is 54.7 cm³/mol. The van der Waals surface area contributed by atoms with E-state index in [2.05, 4.69) is 5.32 Å². The highest BCUT2D eigenvalue weighted by Crippen LogP contribution is 2.16. The lowest BCUT2D eigenvalue weighted by Gasteiger charge is -2.22. The second-order valence-electron chi connectivity index (χ2n) is 3.69. The van der Waals surface area contributed by atoms with Crippen LogP contribution in [0, 0.1) is 0 Å². The first-order valence-electron chi connectivity index (χ1n) is 5.44. The number of hydrogen-bond acceptors (Lipinski definition) is 3. The van der Waals surface area contributed by atoms with Crippen LogP contribution < -0.4 is 11.1 Å². The average molecular weight is 186 g/mol. The van der Waals surface area contributed by atoms with Crippen molar-refractivity contribution in [3.63, 3.8) is 0 Å². The van der Waals surface area contributed by atoms with Crippen molar-refractivity contribution >= 4 is 0 Å². The minimum Gasteiger partial charge on any atom is -0.379 e. The number of ether oxygens (including phenoxy) is 1. The normalized spacial score (nSPS) is 19.2. The highest BCUT2D eigenvalue weighted by molar-refractivity contribution is 4.71. The van der Waals surface area contributed by atoms with Crippen molar-refractivity contribution in [3.8, 4) is 0 Å². The molecule has 0 unspecified atom stereocenters. The van der Waals surface area contributed by atoms with Gasteiger partial charge in [0.25, 0.3) is 0 Å². The number of hydrogen-bond donors (Lipinski definition) is 2. The van der Waals surface area contributed by atoms with Crippen LogP contribution in [-0.4, -0.2) is 32.3 Å². The largest absolute Gasteiger partial charge is 0.379 e. The molecule has 1 rings (SSSR count). The lowest BCUT2D eigenvalue weighted by atomic mass is 9.96. The van der Waals surface area contributed by atoms with E-state index in [1.54, 1.807) is 0 Å². The molecule has 0 aromatic heterocycles. The maximum atomic E-state index is 5.31. The number of nitrogens with two attached hydrogens (primary N) is 1. The van der Waals surface area contributed by atoms with Crippen LogP contribution in [0.5, 0.6) is 0 Å². The Morgan fingerprint density at radius 3 is 2.62 bits per heavy atom. The van der Waals surface area contributed by atoms with Crippen LogP contribution in [0.1, 0.15) is 32.1 Å². The summed E-state index contributed by atoms with van der Waals surface area (Å²) in [5.41, 5.74) is 5.31. The van der Waals surface area contributed by atoms with E-state index in [4.69, 9.17) is 10.5 Å². The van der Waals surface area contributed by atoms with Gasteiger partial charge in [-0.05, 0) is 12.8 Å². The third-order valence-electron chi connectivity index (χ3n) is 2.55. The molecule has 3 nitrogen and oxygen atoms in total. The van der Waals surface area contributed by atoms with Gasteiger partial charge < -0.3 is 15.8 Å². The van der Waals surface area contributed by atoms with Crippen LogP contribution in [0.15, 0.2) is 0 Å². The van der Waals surface area contributed by atoms with Gasteiger partial charge in [-0.25, -0.2) is 0 Å². The van der Waals surface area contributed by atoms with E-state index in [0.717, 1.165) is 19.2 Å². The van der Waals surface area contributed by atoms with Crippen molar-refractivity contribution in [2.45, 2.75) is 38.1 Å². The fourth-order valence-corrected chi connectivity index (χ4v) is 1.83. The Labute approximate surface area is 81.0 Å². The molecule has 1 aliphatic carbocycles. The molecule has 0 aromatic carbocycles. The van der Waals surface area contributed by atoms with Crippen molar-refractivity contribution in [2.75, 3.05) is 26.3 Å². The van der Waals surface area contributed by atoms with Gasteiger partial charge >= 0.3 is 0 Å². The third kappa shape index (κ3) is 5.24. The third-order valence-corrected chi connectivity index (χ3v) is 2.55. The van der Waals surface area contributed by atoms with Gasteiger partial charge in [-0.15, -0.1) is 0 Å². The summed E-state index contributed by atoms with van der Waals surface area (Å²) in [5.74, 6) is 0. The maximum Gasteiger partial charge on any atom is 0.0591 e. The quantitative estimate of drug-likeness (QED) is 0.605. The Hall–Kier alpha value is -0.120. The molecule has 0 bridgehead atoms. The standard InChI is InChI=1S/C10H22N2O/c11-6-8-13-9-7-12-10-4-2-1-3-5-10/h10,12H,1-9,11H2. The summed E-state index contributed by atoms with van der Waals surface area (Å²) < 4.78 is 5.29. The van der Waals surface area contributed by atoms with Gasteiger partial charge in [0.15, 0.2) is 0 Å². The Morgan fingerprint density at radius 2 is 1.92 bits per heavy atom. The first kappa shape index (κ1) is 11.0. The monoisotopic (exact) mass is 186 g/mol. The van der Waals surface area contributed by atoms with Crippen molar-refractivity contribution < 1.29 is 4.74 Å². The molecule has 0 saturated heterocycles. The number of nitrogens with one attached hydrogen (secondary N) is 1. The maximum absolute atomic E-state index is 5.31. The molecule has 1 saturated carbocycles. The Balaban J connectivity index is 1.86. The molecule has 3 N–H and O–H groups in total. The summed E-state index contributed by atoms with van der Waals surface area (Å²) in [6.07, 6.45) is 6.89. The molecule has 78 valence electrons. The molecule has 0 radical (unpaired) electrons. The fraction of sp³-hybridized carbons (Fsp3) is 1.00. The van der Waals surface area contributed by atoms with E-state index < -0.39 is 0 Å². The SMILES string of the molecule is NCCOCCNC1CCCCC1. The van der Waals surface area contributed by atoms with E-state index in [9.17, 15) is 0 Å². The smallest absolute Gasteiger partial charge is 0.0591 e. The molecule has 3 heteroatoms.